The molecule has 4 aromatic rings. The van der Waals surface area contributed by atoms with Crippen LogP contribution in [0.15, 0.2) is 66.9 Å². The summed E-state index contributed by atoms with van der Waals surface area (Å²) in [5.41, 5.74) is 4.41. The number of aryl methyl sites for hydroxylation is 2. The zero-order valence-electron chi connectivity index (χ0n) is 21.3. The number of carbonyl (C=O) groups is 1. The highest BCUT2D eigenvalue weighted by Gasteiger charge is 2.13. The van der Waals surface area contributed by atoms with Crippen LogP contribution in [0.5, 0.6) is 0 Å². The van der Waals surface area contributed by atoms with Crippen molar-refractivity contribution in [3.8, 4) is 11.3 Å². The number of aromatic nitrogens is 3. The molecule has 0 spiro atoms. The number of hydrogen-bond donors (Lipinski definition) is 1. The second-order valence-electron chi connectivity index (χ2n) is 8.38. The predicted molar refractivity (Wildman–Crippen MR) is 142 cm³/mol. The molecule has 7 heteroatoms. The lowest BCUT2D eigenvalue weighted by Crippen LogP contribution is -2.17. The maximum Gasteiger partial charge on any atom is 0.194 e. The first-order chi connectivity index (χ1) is 16.9. The van der Waals surface area contributed by atoms with Gasteiger partial charge in [-0.2, -0.15) is 9.61 Å². The van der Waals surface area contributed by atoms with E-state index >= 15 is 0 Å². The predicted octanol–water partition coefficient (Wildman–Crippen LogP) is 5.80. The summed E-state index contributed by atoms with van der Waals surface area (Å²) in [6.07, 6.45) is 3.70. The molecule has 0 fully saturated rings. The highest BCUT2D eigenvalue weighted by atomic mass is 19.1. The largest absolute Gasteiger partial charge is 0.370 e. The Bertz CT molecular complexity index is 1170. The Morgan fingerprint density at radius 2 is 1.71 bits per heavy atom. The van der Waals surface area contributed by atoms with Gasteiger partial charge in [-0.15, -0.1) is 0 Å². The van der Waals surface area contributed by atoms with Crippen molar-refractivity contribution in [1.29, 1.82) is 0 Å². The van der Waals surface area contributed by atoms with Crippen molar-refractivity contribution in [3.05, 3.63) is 83.8 Å². The third-order valence-corrected chi connectivity index (χ3v) is 5.05. The molecule has 0 radical (unpaired) electrons. The van der Waals surface area contributed by atoms with Gasteiger partial charge in [0.2, 0.25) is 0 Å². The molecule has 2 heterocycles. The number of hydrogen-bond acceptors (Lipinski definition) is 5. The molecule has 0 amide bonds. The summed E-state index contributed by atoms with van der Waals surface area (Å²) in [6, 6.07) is 20.2. The number of nitrogens with zero attached hydrogens (tertiary/aromatic N) is 4. The van der Waals surface area contributed by atoms with Gasteiger partial charge in [-0.05, 0) is 46.5 Å². The quantitative estimate of drug-likeness (QED) is 0.269. The van der Waals surface area contributed by atoms with Gasteiger partial charge in [0.05, 0.1) is 11.9 Å². The zero-order chi connectivity index (χ0) is 25.6. The maximum absolute atomic E-state index is 14.0. The first kappa shape index (κ1) is 27.7. The molecule has 0 aliphatic heterocycles. The van der Waals surface area contributed by atoms with E-state index in [4.69, 9.17) is 0 Å². The number of carbonyl (C=O) groups excluding carboxylic acids is 1. The Balaban J connectivity index is 0.000000325. The van der Waals surface area contributed by atoms with Gasteiger partial charge in [0.1, 0.15) is 12.1 Å². The summed E-state index contributed by atoms with van der Waals surface area (Å²) in [5.74, 6) is 0.336. The van der Waals surface area contributed by atoms with Gasteiger partial charge in [-0.25, -0.2) is 9.37 Å². The third-order valence-electron chi connectivity index (χ3n) is 5.05. The van der Waals surface area contributed by atoms with Crippen LogP contribution in [0.3, 0.4) is 0 Å². The van der Waals surface area contributed by atoms with Crippen molar-refractivity contribution in [2.75, 3.05) is 32.5 Å². The number of fused-ring (bicyclic) bond motifs is 1. The Morgan fingerprint density at radius 3 is 2.29 bits per heavy atom. The summed E-state index contributed by atoms with van der Waals surface area (Å²) in [5, 5.41) is 7.45. The molecule has 0 unspecified atom stereocenters. The fourth-order valence-corrected chi connectivity index (χ4v) is 3.21. The first-order valence-corrected chi connectivity index (χ1v) is 11.8. The van der Waals surface area contributed by atoms with Crippen LogP contribution in [0.25, 0.3) is 16.9 Å². The number of rotatable bonds is 7. The summed E-state index contributed by atoms with van der Waals surface area (Å²) < 4.78 is 15.6. The summed E-state index contributed by atoms with van der Waals surface area (Å²) in [7, 11) is 4.09. The van der Waals surface area contributed by atoms with Gasteiger partial charge in [0.15, 0.2) is 11.5 Å². The van der Waals surface area contributed by atoms with E-state index in [1.165, 1.54) is 16.3 Å². The molecular formula is C28H36FN5O. The lowest BCUT2D eigenvalue weighted by Gasteiger charge is -2.13. The van der Waals surface area contributed by atoms with E-state index in [2.05, 4.69) is 39.4 Å². The molecular weight excluding hydrogens is 441 g/mol. The molecule has 4 rings (SSSR count). The van der Waals surface area contributed by atoms with E-state index in [0.717, 1.165) is 48.4 Å². The molecule has 0 atom stereocenters. The monoisotopic (exact) mass is 477 g/mol. The number of benzene rings is 2. The zero-order valence-corrected chi connectivity index (χ0v) is 21.3. The smallest absolute Gasteiger partial charge is 0.194 e. The Morgan fingerprint density at radius 1 is 1.06 bits per heavy atom. The molecule has 0 aliphatic rings. The van der Waals surface area contributed by atoms with Crippen molar-refractivity contribution in [2.45, 2.75) is 33.6 Å². The topological polar surface area (TPSA) is 62.5 Å². The second kappa shape index (κ2) is 14.6. The normalized spacial score (nSPS) is 10.3. The van der Waals surface area contributed by atoms with E-state index in [1.807, 2.05) is 76.5 Å². The number of anilines is 1. The second-order valence-corrected chi connectivity index (χ2v) is 8.38. The van der Waals surface area contributed by atoms with E-state index < -0.39 is 5.82 Å². The van der Waals surface area contributed by atoms with Gasteiger partial charge in [0.25, 0.3) is 0 Å². The van der Waals surface area contributed by atoms with Crippen molar-refractivity contribution in [2.24, 2.45) is 0 Å². The van der Waals surface area contributed by atoms with Gasteiger partial charge >= 0.3 is 0 Å². The minimum Gasteiger partial charge on any atom is -0.370 e. The van der Waals surface area contributed by atoms with Gasteiger partial charge in [0, 0.05) is 24.6 Å². The molecule has 0 saturated carbocycles. The standard InChI is InChI=1S/C18H22FN5.C7H8.C3H6O/c1-13-7-4-5-8-14(13)16-11-17(20-9-6-10-23(2)3)24-18(22-16)15(19)12-21-24;1-7-5-3-2-4-6-7;1-2-3-4/h4-5,7-8,11-12,20H,6,9-10H2,1-3H3;2-6H,1H3;3H,2H2,1H3. The fourth-order valence-electron chi connectivity index (χ4n) is 3.21. The molecule has 1 N–H and O–H groups in total. The van der Waals surface area contributed by atoms with Crippen molar-refractivity contribution in [3.63, 3.8) is 0 Å². The Kier molecular flexibility index (Phi) is 11.6. The van der Waals surface area contributed by atoms with Crippen LogP contribution in [0.2, 0.25) is 0 Å². The molecule has 35 heavy (non-hydrogen) atoms. The number of aldehydes is 1. The van der Waals surface area contributed by atoms with Crippen molar-refractivity contribution < 1.29 is 9.18 Å². The molecule has 186 valence electrons. The van der Waals surface area contributed by atoms with Crippen LogP contribution in [-0.4, -0.2) is 53.0 Å². The average Bonchev–Trinajstić information content (AvgIpc) is 3.23. The minimum atomic E-state index is -0.415. The van der Waals surface area contributed by atoms with Crippen LogP contribution in [-0.2, 0) is 4.79 Å². The fraction of sp³-hybridized carbons (Fsp3) is 0.321. The van der Waals surface area contributed by atoms with Crippen LogP contribution in [0, 0.1) is 19.7 Å². The SMILES string of the molecule is CCC=O.Cc1ccccc1.Cc1ccccc1-c1cc(NCCCN(C)C)n2ncc(F)c2n1. The number of nitrogens with one attached hydrogen (secondary N) is 1. The summed E-state index contributed by atoms with van der Waals surface area (Å²) >= 11 is 0. The molecule has 2 aromatic carbocycles. The molecule has 0 saturated heterocycles. The molecule has 0 aliphatic carbocycles. The van der Waals surface area contributed by atoms with Crippen molar-refractivity contribution in [1.82, 2.24) is 19.5 Å². The Hall–Kier alpha value is -3.58. The van der Waals surface area contributed by atoms with Crippen LogP contribution < -0.4 is 5.32 Å². The van der Waals surface area contributed by atoms with Gasteiger partial charge in [-0.3, -0.25) is 0 Å². The van der Waals surface area contributed by atoms with Crippen LogP contribution in [0.4, 0.5) is 10.2 Å². The molecule has 0 bridgehead atoms. The third kappa shape index (κ3) is 8.94. The highest BCUT2D eigenvalue weighted by Crippen LogP contribution is 2.25. The van der Waals surface area contributed by atoms with E-state index in [9.17, 15) is 9.18 Å². The molecule has 6 nitrogen and oxygen atoms in total. The summed E-state index contributed by atoms with van der Waals surface area (Å²) in [6.45, 7) is 7.69. The summed E-state index contributed by atoms with van der Waals surface area (Å²) in [4.78, 5) is 15.8. The first-order valence-electron chi connectivity index (χ1n) is 11.8. The Labute approximate surface area is 207 Å². The van der Waals surface area contributed by atoms with E-state index in [0.29, 0.717) is 6.42 Å². The van der Waals surface area contributed by atoms with Crippen LogP contribution >= 0.6 is 0 Å². The van der Waals surface area contributed by atoms with Gasteiger partial charge < -0.3 is 15.0 Å². The van der Waals surface area contributed by atoms with Crippen molar-refractivity contribution >= 4 is 17.8 Å². The van der Waals surface area contributed by atoms with E-state index in [-0.39, 0.29) is 5.65 Å². The molecule has 2 aromatic heterocycles. The average molecular weight is 478 g/mol. The maximum atomic E-state index is 14.0. The lowest BCUT2D eigenvalue weighted by molar-refractivity contribution is -0.107. The van der Waals surface area contributed by atoms with Crippen LogP contribution in [0.1, 0.15) is 30.9 Å². The number of halogens is 1. The van der Waals surface area contributed by atoms with E-state index in [1.54, 1.807) is 0 Å². The minimum absolute atomic E-state index is 0.242. The van der Waals surface area contributed by atoms with Gasteiger partial charge in [-0.1, -0.05) is 67.1 Å². The highest BCUT2D eigenvalue weighted by molar-refractivity contribution is 5.69. The lowest BCUT2D eigenvalue weighted by atomic mass is 10.1.